The molecule has 0 aliphatic heterocycles. The summed E-state index contributed by atoms with van der Waals surface area (Å²) in [5.74, 6) is 0. The summed E-state index contributed by atoms with van der Waals surface area (Å²) in [5.41, 5.74) is -0.443. The van der Waals surface area contributed by atoms with E-state index in [0.29, 0.717) is 11.6 Å². The van der Waals surface area contributed by atoms with E-state index in [2.05, 4.69) is 4.98 Å². The highest BCUT2D eigenvalue weighted by molar-refractivity contribution is 6.30. The van der Waals surface area contributed by atoms with Gasteiger partial charge in [0.05, 0.1) is 12.9 Å². The topological polar surface area (TPSA) is 38.0 Å². The highest BCUT2D eigenvalue weighted by Gasteiger charge is 2.41. The Labute approximate surface area is 131 Å². The van der Waals surface area contributed by atoms with Gasteiger partial charge in [-0.2, -0.15) is 0 Å². The second-order valence-corrected chi connectivity index (χ2v) is 6.29. The molecule has 1 atom stereocenters. The van der Waals surface area contributed by atoms with Crippen molar-refractivity contribution in [2.24, 2.45) is 5.41 Å². The average molecular weight is 315 g/mol. The molecule has 1 aromatic heterocycles. The first-order valence-corrected chi connectivity index (χ1v) is 6.65. The Morgan fingerprint density at radius 3 is 2.25 bits per heavy atom. The lowest BCUT2D eigenvalue weighted by atomic mass is 9.72. The van der Waals surface area contributed by atoms with Crippen LogP contribution in [0.1, 0.15) is 26.3 Å². The Kier molecular flexibility index (Phi) is 5.25. The van der Waals surface area contributed by atoms with E-state index in [4.69, 9.17) is 11.6 Å². The van der Waals surface area contributed by atoms with Crippen molar-refractivity contribution in [3.8, 4) is 0 Å². The summed E-state index contributed by atoms with van der Waals surface area (Å²) in [4.78, 5) is 4.03. The monoisotopic (exact) mass is 314 g/mol. The van der Waals surface area contributed by atoms with Crippen molar-refractivity contribution in [3.63, 3.8) is 0 Å². The zero-order valence-corrected chi connectivity index (χ0v) is 13.4. The molecule has 1 unspecified atom stereocenters. The van der Waals surface area contributed by atoms with Crippen LogP contribution in [-0.4, -0.2) is 14.7 Å². The second kappa shape index (κ2) is 6.17. The molecule has 5 heteroatoms. The number of imidazole rings is 1. The van der Waals surface area contributed by atoms with Gasteiger partial charge in [-0.25, -0.2) is 4.98 Å². The molecule has 3 nitrogen and oxygen atoms in total. The largest absolute Gasteiger partial charge is 0.383 e. The van der Waals surface area contributed by atoms with E-state index in [1.807, 2.05) is 55.8 Å². The fraction of sp³-hybridized carbons (Fsp3) is 0.400. The SMILES string of the molecule is CC(C)(C)C(O)(Cn1ccnc1)c1ccc(Cl)cc1.Cl. The van der Waals surface area contributed by atoms with E-state index in [1.165, 1.54) is 0 Å². The summed E-state index contributed by atoms with van der Waals surface area (Å²) in [6.07, 6.45) is 5.28. The molecule has 2 aromatic rings. The summed E-state index contributed by atoms with van der Waals surface area (Å²) >= 11 is 5.92. The number of aromatic nitrogens is 2. The zero-order chi connectivity index (χ0) is 14.1. The van der Waals surface area contributed by atoms with Gasteiger partial charge in [-0.15, -0.1) is 12.4 Å². The van der Waals surface area contributed by atoms with E-state index in [1.54, 1.807) is 12.5 Å². The van der Waals surface area contributed by atoms with Crippen LogP contribution in [0.2, 0.25) is 5.02 Å². The molecule has 1 aromatic carbocycles. The Morgan fingerprint density at radius 1 is 1.20 bits per heavy atom. The Hall–Kier alpha value is -1.03. The van der Waals surface area contributed by atoms with Crippen LogP contribution < -0.4 is 0 Å². The molecule has 20 heavy (non-hydrogen) atoms. The number of hydrogen-bond donors (Lipinski definition) is 1. The van der Waals surface area contributed by atoms with Gasteiger partial charge in [0.25, 0.3) is 0 Å². The number of halogens is 2. The normalized spacial score (nSPS) is 14.4. The van der Waals surface area contributed by atoms with Crippen molar-refractivity contribution in [1.29, 1.82) is 0 Å². The lowest BCUT2D eigenvalue weighted by molar-refractivity contribution is -0.0781. The van der Waals surface area contributed by atoms with Gasteiger partial charge >= 0.3 is 0 Å². The molecule has 0 aliphatic rings. The molecular formula is C15H20Cl2N2O. The van der Waals surface area contributed by atoms with Gasteiger partial charge in [-0.05, 0) is 23.1 Å². The van der Waals surface area contributed by atoms with Crippen molar-refractivity contribution >= 4 is 24.0 Å². The summed E-state index contributed by atoms with van der Waals surface area (Å²) in [6.45, 7) is 6.54. The molecule has 110 valence electrons. The van der Waals surface area contributed by atoms with Crippen LogP contribution in [0.3, 0.4) is 0 Å². The van der Waals surface area contributed by atoms with Crippen LogP contribution in [0.15, 0.2) is 43.0 Å². The Balaban J connectivity index is 0.00000200. The number of nitrogens with zero attached hydrogens (tertiary/aromatic N) is 2. The van der Waals surface area contributed by atoms with Crippen LogP contribution in [0.4, 0.5) is 0 Å². The summed E-state index contributed by atoms with van der Waals surface area (Å²) in [6, 6.07) is 7.37. The first kappa shape index (κ1) is 17.0. The summed E-state index contributed by atoms with van der Waals surface area (Å²) in [7, 11) is 0. The zero-order valence-electron chi connectivity index (χ0n) is 11.9. The quantitative estimate of drug-likeness (QED) is 0.933. The lowest BCUT2D eigenvalue weighted by Crippen LogP contribution is -2.43. The smallest absolute Gasteiger partial charge is 0.112 e. The predicted octanol–water partition coefficient (Wildman–Crippen LogP) is 3.89. The van der Waals surface area contributed by atoms with E-state index >= 15 is 0 Å². The maximum Gasteiger partial charge on any atom is 0.112 e. The standard InChI is InChI=1S/C15H19ClN2O.ClH/c1-14(2,3)15(19,10-18-9-8-17-11-18)12-4-6-13(16)7-5-12;/h4-9,11,19H,10H2,1-3H3;1H. The van der Waals surface area contributed by atoms with Gasteiger partial charge in [0.2, 0.25) is 0 Å². The third-order valence-electron chi connectivity index (χ3n) is 3.53. The fourth-order valence-electron chi connectivity index (χ4n) is 2.13. The molecule has 0 radical (unpaired) electrons. The van der Waals surface area contributed by atoms with Crippen LogP contribution >= 0.6 is 24.0 Å². The minimum atomic E-state index is -0.988. The van der Waals surface area contributed by atoms with Crippen LogP contribution in [0.25, 0.3) is 0 Å². The molecule has 2 rings (SSSR count). The van der Waals surface area contributed by atoms with Crippen molar-refractivity contribution in [3.05, 3.63) is 53.6 Å². The summed E-state index contributed by atoms with van der Waals surface area (Å²) in [5, 5.41) is 11.9. The highest BCUT2D eigenvalue weighted by atomic mass is 35.5. The van der Waals surface area contributed by atoms with Gasteiger partial charge < -0.3 is 9.67 Å². The molecule has 1 heterocycles. The average Bonchev–Trinajstić information content (AvgIpc) is 2.81. The maximum atomic E-state index is 11.2. The molecule has 0 aliphatic carbocycles. The first-order valence-electron chi connectivity index (χ1n) is 6.27. The first-order chi connectivity index (χ1) is 8.83. The van der Waals surface area contributed by atoms with Crippen molar-refractivity contribution in [2.45, 2.75) is 32.9 Å². The van der Waals surface area contributed by atoms with E-state index < -0.39 is 5.60 Å². The van der Waals surface area contributed by atoms with E-state index in [0.717, 1.165) is 5.56 Å². The maximum absolute atomic E-state index is 11.2. The number of aliphatic hydroxyl groups is 1. The van der Waals surface area contributed by atoms with Gasteiger partial charge in [0, 0.05) is 17.4 Å². The summed E-state index contributed by atoms with van der Waals surface area (Å²) < 4.78 is 1.89. The Bertz CT molecular complexity index is 532. The second-order valence-electron chi connectivity index (χ2n) is 5.85. The molecule has 1 N–H and O–H groups in total. The fourth-order valence-corrected chi connectivity index (χ4v) is 2.26. The highest BCUT2D eigenvalue weighted by Crippen LogP contribution is 2.40. The van der Waals surface area contributed by atoms with Crippen LogP contribution in [0.5, 0.6) is 0 Å². The van der Waals surface area contributed by atoms with Gasteiger partial charge in [-0.1, -0.05) is 44.5 Å². The molecule has 0 saturated heterocycles. The van der Waals surface area contributed by atoms with Crippen LogP contribution in [-0.2, 0) is 12.1 Å². The van der Waals surface area contributed by atoms with Crippen molar-refractivity contribution < 1.29 is 5.11 Å². The number of hydrogen-bond acceptors (Lipinski definition) is 2. The molecule has 0 saturated carbocycles. The minimum absolute atomic E-state index is 0. The Morgan fingerprint density at radius 2 is 1.80 bits per heavy atom. The van der Waals surface area contributed by atoms with Crippen molar-refractivity contribution in [1.82, 2.24) is 9.55 Å². The number of rotatable bonds is 3. The predicted molar refractivity (Wildman–Crippen MR) is 84.3 cm³/mol. The van der Waals surface area contributed by atoms with Crippen molar-refractivity contribution in [2.75, 3.05) is 0 Å². The van der Waals surface area contributed by atoms with Gasteiger partial charge in [0.15, 0.2) is 0 Å². The van der Waals surface area contributed by atoms with E-state index in [-0.39, 0.29) is 17.8 Å². The third kappa shape index (κ3) is 3.35. The molecule has 0 bridgehead atoms. The molecule has 0 amide bonds. The minimum Gasteiger partial charge on any atom is -0.383 e. The van der Waals surface area contributed by atoms with Gasteiger partial charge in [-0.3, -0.25) is 0 Å². The molecular weight excluding hydrogens is 295 g/mol. The van der Waals surface area contributed by atoms with Crippen LogP contribution in [0, 0.1) is 5.41 Å². The molecule has 0 spiro atoms. The number of benzene rings is 1. The van der Waals surface area contributed by atoms with Gasteiger partial charge in [0.1, 0.15) is 5.60 Å². The van der Waals surface area contributed by atoms with E-state index in [9.17, 15) is 5.11 Å². The molecule has 0 fully saturated rings. The third-order valence-corrected chi connectivity index (χ3v) is 3.79. The lowest BCUT2D eigenvalue weighted by Gasteiger charge is -2.41.